The summed E-state index contributed by atoms with van der Waals surface area (Å²) in [4.78, 5) is 1.29. The standard InChI is InChI=1S/C12H15F3N2O/c13-12(14,15)11-3-1-2-6-17(11)10-5-4-8(18)7-9(10)16/h4-5,7,11,18H,1-3,6,16H2. The predicted octanol–water partition coefficient (Wildman–Crippen LogP) is 2.90. The van der Waals surface area contributed by atoms with Gasteiger partial charge in [0.05, 0.1) is 11.4 Å². The minimum atomic E-state index is -4.26. The van der Waals surface area contributed by atoms with E-state index in [2.05, 4.69) is 0 Å². The topological polar surface area (TPSA) is 49.5 Å². The first kappa shape index (κ1) is 12.9. The molecule has 0 bridgehead atoms. The molecule has 0 amide bonds. The fraction of sp³-hybridized carbons (Fsp3) is 0.500. The van der Waals surface area contributed by atoms with Crippen molar-refractivity contribution in [2.75, 3.05) is 17.2 Å². The van der Waals surface area contributed by atoms with Gasteiger partial charge < -0.3 is 15.7 Å². The van der Waals surface area contributed by atoms with E-state index in [9.17, 15) is 18.3 Å². The number of aromatic hydroxyl groups is 1. The van der Waals surface area contributed by atoms with Crippen LogP contribution < -0.4 is 10.6 Å². The maximum atomic E-state index is 13.0. The minimum absolute atomic E-state index is 0.0446. The van der Waals surface area contributed by atoms with E-state index in [0.717, 1.165) is 0 Å². The summed E-state index contributed by atoms with van der Waals surface area (Å²) in [6, 6.07) is 2.58. The molecule has 6 heteroatoms. The number of piperidine rings is 1. The van der Waals surface area contributed by atoms with E-state index < -0.39 is 12.2 Å². The van der Waals surface area contributed by atoms with Gasteiger partial charge in [-0.3, -0.25) is 0 Å². The Labute approximate surface area is 103 Å². The number of benzene rings is 1. The molecule has 0 saturated carbocycles. The van der Waals surface area contributed by atoms with Crippen LogP contribution in [0.4, 0.5) is 24.5 Å². The van der Waals surface area contributed by atoms with Gasteiger partial charge in [-0.2, -0.15) is 13.2 Å². The van der Waals surface area contributed by atoms with Gasteiger partial charge in [0.1, 0.15) is 11.8 Å². The minimum Gasteiger partial charge on any atom is -0.508 e. The molecule has 0 aliphatic carbocycles. The Morgan fingerprint density at radius 3 is 2.61 bits per heavy atom. The molecule has 0 spiro atoms. The number of nitrogens with two attached hydrogens (primary N) is 1. The second kappa shape index (κ2) is 4.59. The molecule has 1 heterocycles. The van der Waals surface area contributed by atoms with Crippen LogP contribution in [0.1, 0.15) is 19.3 Å². The Morgan fingerprint density at radius 1 is 1.28 bits per heavy atom. The van der Waals surface area contributed by atoms with Crippen LogP contribution in [-0.2, 0) is 0 Å². The van der Waals surface area contributed by atoms with Crippen molar-refractivity contribution < 1.29 is 18.3 Å². The van der Waals surface area contributed by atoms with Crippen LogP contribution >= 0.6 is 0 Å². The molecule has 3 nitrogen and oxygen atoms in total. The number of halogens is 3. The number of alkyl halides is 3. The predicted molar refractivity (Wildman–Crippen MR) is 63.6 cm³/mol. The van der Waals surface area contributed by atoms with Crippen molar-refractivity contribution in [2.24, 2.45) is 0 Å². The number of phenols is 1. The molecule has 0 aromatic heterocycles. The smallest absolute Gasteiger partial charge is 0.408 e. The average Bonchev–Trinajstić information content (AvgIpc) is 2.28. The Balaban J connectivity index is 2.34. The van der Waals surface area contributed by atoms with Gasteiger partial charge in [-0.25, -0.2) is 0 Å². The summed E-state index contributed by atoms with van der Waals surface area (Å²) in [7, 11) is 0. The van der Waals surface area contributed by atoms with Crippen molar-refractivity contribution in [3.63, 3.8) is 0 Å². The van der Waals surface area contributed by atoms with Gasteiger partial charge in [0.2, 0.25) is 0 Å². The zero-order valence-electron chi connectivity index (χ0n) is 9.74. The molecule has 1 aliphatic heterocycles. The molecule has 1 aliphatic rings. The van der Waals surface area contributed by atoms with Crippen LogP contribution in [0.25, 0.3) is 0 Å². The SMILES string of the molecule is Nc1cc(O)ccc1N1CCCCC1C(F)(F)F. The average molecular weight is 260 g/mol. The number of nitrogen functional groups attached to an aromatic ring is 1. The highest BCUT2D eigenvalue weighted by atomic mass is 19.4. The van der Waals surface area contributed by atoms with Gasteiger partial charge >= 0.3 is 6.18 Å². The lowest BCUT2D eigenvalue weighted by atomic mass is 10.0. The molecule has 18 heavy (non-hydrogen) atoms. The third-order valence-corrected chi connectivity index (χ3v) is 3.20. The molecule has 1 saturated heterocycles. The normalized spacial score (nSPS) is 21.1. The highest BCUT2D eigenvalue weighted by Crippen LogP contribution is 2.38. The first-order valence-electron chi connectivity index (χ1n) is 5.81. The summed E-state index contributed by atoms with van der Waals surface area (Å²) < 4.78 is 38.9. The van der Waals surface area contributed by atoms with E-state index in [-0.39, 0.29) is 17.9 Å². The van der Waals surface area contributed by atoms with Crippen molar-refractivity contribution in [1.82, 2.24) is 0 Å². The zero-order chi connectivity index (χ0) is 13.3. The number of nitrogens with zero attached hydrogens (tertiary/aromatic N) is 1. The van der Waals surface area contributed by atoms with E-state index in [4.69, 9.17) is 5.73 Å². The third kappa shape index (κ3) is 2.47. The van der Waals surface area contributed by atoms with Crippen LogP contribution in [0.5, 0.6) is 5.75 Å². The maximum Gasteiger partial charge on any atom is 0.408 e. The van der Waals surface area contributed by atoms with Gasteiger partial charge in [-0.1, -0.05) is 0 Å². The second-order valence-electron chi connectivity index (χ2n) is 4.49. The van der Waals surface area contributed by atoms with E-state index in [1.54, 1.807) is 0 Å². The quantitative estimate of drug-likeness (QED) is 0.763. The summed E-state index contributed by atoms with van der Waals surface area (Å²) in [5, 5.41) is 9.24. The molecule has 0 radical (unpaired) electrons. The molecule has 1 atom stereocenters. The van der Waals surface area contributed by atoms with Crippen LogP contribution in [0.2, 0.25) is 0 Å². The number of phenolic OH excluding ortho intramolecular Hbond substituents is 1. The van der Waals surface area contributed by atoms with Crippen LogP contribution in [0, 0.1) is 0 Å². The summed E-state index contributed by atoms with van der Waals surface area (Å²) in [6.07, 6.45) is -2.89. The zero-order valence-corrected chi connectivity index (χ0v) is 9.74. The van der Waals surface area contributed by atoms with E-state index in [1.165, 1.54) is 23.1 Å². The Morgan fingerprint density at radius 2 is 2.00 bits per heavy atom. The molecule has 1 fully saturated rings. The largest absolute Gasteiger partial charge is 0.508 e. The highest BCUT2D eigenvalue weighted by molar-refractivity contribution is 5.70. The van der Waals surface area contributed by atoms with Crippen molar-refractivity contribution in [2.45, 2.75) is 31.5 Å². The first-order valence-corrected chi connectivity index (χ1v) is 5.81. The van der Waals surface area contributed by atoms with Gasteiger partial charge in [0.25, 0.3) is 0 Å². The van der Waals surface area contributed by atoms with E-state index in [1.807, 2.05) is 0 Å². The number of hydrogen-bond acceptors (Lipinski definition) is 3. The fourth-order valence-electron chi connectivity index (χ4n) is 2.36. The van der Waals surface area contributed by atoms with E-state index >= 15 is 0 Å². The van der Waals surface area contributed by atoms with Crippen molar-refractivity contribution in [1.29, 1.82) is 0 Å². The molecule has 1 aromatic rings. The Kier molecular flexibility index (Phi) is 3.28. The Hall–Kier alpha value is -1.59. The summed E-state index contributed by atoms with van der Waals surface area (Å²) in [6.45, 7) is 0.332. The van der Waals surface area contributed by atoms with Crippen LogP contribution in [0.15, 0.2) is 18.2 Å². The lowest BCUT2D eigenvalue weighted by Gasteiger charge is -2.39. The summed E-state index contributed by atoms with van der Waals surface area (Å²) in [5.41, 5.74) is 6.20. The molecule has 1 aromatic carbocycles. The van der Waals surface area contributed by atoms with Crippen LogP contribution in [0.3, 0.4) is 0 Å². The lowest BCUT2D eigenvalue weighted by Crippen LogP contribution is -2.49. The van der Waals surface area contributed by atoms with E-state index in [0.29, 0.717) is 25.1 Å². The first-order chi connectivity index (χ1) is 8.39. The molecule has 100 valence electrons. The molecule has 1 unspecified atom stereocenters. The number of anilines is 2. The molecular formula is C12H15F3N2O. The lowest BCUT2D eigenvalue weighted by molar-refractivity contribution is -0.152. The van der Waals surface area contributed by atoms with Gasteiger partial charge in [0.15, 0.2) is 0 Å². The molecular weight excluding hydrogens is 245 g/mol. The fourth-order valence-corrected chi connectivity index (χ4v) is 2.36. The van der Waals surface area contributed by atoms with Gasteiger partial charge in [-0.05, 0) is 31.4 Å². The molecule has 2 rings (SSSR count). The maximum absolute atomic E-state index is 13.0. The van der Waals surface area contributed by atoms with Gasteiger partial charge in [-0.15, -0.1) is 0 Å². The number of rotatable bonds is 1. The third-order valence-electron chi connectivity index (χ3n) is 3.20. The second-order valence-corrected chi connectivity index (χ2v) is 4.49. The van der Waals surface area contributed by atoms with Crippen molar-refractivity contribution in [3.05, 3.63) is 18.2 Å². The number of hydrogen-bond donors (Lipinski definition) is 2. The highest BCUT2D eigenvalue weighted by Gasteiger charge is 2.44. The van der Waals surface area contributed by atoms with Crippen LogP contribution in [-0.4, -0.2) is 23.9 Å². The van der Waals surface area contributed by atoms with Gasteiger partial charge in [0, 0.05) is 12.6 Å². The summed E-state index contributed by atoms with van der Waals surface area (Å²) in [5.74, 6) is -0.0446. The van der Waals surface area contributed by atoms with Crippen molar-refractivity contribution >= 4 is 11.4 Å². The summed E-state index contributed by atoms with van der Waals surface area (Å²) >= 11 is 0. The Bertz CT molecular complexity index is 434. The van der Waals surface area contributed by atoms with Crippen molar-refractivity contribution in [3.8, 4) is 5.75 Å². The molecule has 3 N–H and O–H groups in total. The monoisotopic (exact) mass is 260 g/mol.